The van der Waals surface area contributed by atoms with Gasteiger partial charge in [-0.15, -0.1) is 22.7 Å². The van der Waals surface area contributed by atoms with E-state index in [9.17, 15) is 0 Å². The van der Waals surface area contributed by atoms with Gasteiger partial charge in [0.05, 0.1) is 0 Å². The molecule has 1 aliphatic carbocycles. The molecule has 0 saturated carbocycles. The number of nitrogens with zero attached hydrogens (tertiary/aromatic N) is 3. The van der Waals surface area contributed by atoms with Crippen molar-refractivity contribution in [1.82, 2.24) is 15.0 Å². The molecular weight excluding hydrogens is 671 g/mol. The summed E-state index contributed by atoms with van der Waals surface area (Å²) in [6, 6.07) is 54.5. The molecule has 12 rings (SSSR count). The number of fused-ring (bicyclic) bond motifs is 2. The van der Waals surface area contributed by atoms with Crippen molar-refractivity contribution in [2.45, 2.75) is 0 Å². The molecule has 240 valence electrons. The largest absolute Gasteiger partial charge is 0.208 e. The third-order valence-corrected chi connectivity index (χ3v) is 12.9. The van der Waals surface area contributed by atoms with Crippen LogP contribution in [-0.4, -0.2) is 15.0 Å². The molecule has 0 atom stereocenters. The smallest absolute Gasteiger partial charge is 0.164 e. The molecule has 52 heavy (non-hydrogen) atoms. The number of hydrogen-bond acceptors (Lipinski definition) is 5. The fourth-order valence-electron chi connectivity index (χ4n) is 8.38. The highest BCUT2D eigenvalue weighted by Gasteiger charge is 2.25. The van der Waals surface area contributed by atoms with Crippen molar-refractivity contribution in [2.75, 3.05) is 0 Å². The first-order chi connectivity index (χ1) is 25.8. The average Bonchev–Trinajstić information content (AvgIpc) is 3.75. The zero-order valence-electron chi connectivity index (χ0n) is 27.6. The van der Waals surface area contributed by atoms with Gasteiger partial charge in [-0.1, -0.05) is 121 Å². The van der Waals surface area contributed by atoms with Crippen LogP contribution in [0.25, 0.3) is 118 Å². The molecule has 0 aliphatic heterocycles. The van der Waals surface area contributed by atoms with E-state index in [4.69, 9.17) is 15.0 Å². The number of aromatic nitrogens is 3. The van der Waals surface area contributed by atoms with Gasteiger partial charge in [0.1, 0.15) is 0 Å². The second-order valence-electron chi connectivity index (χ2n) is 13.5. The van der Waals surface area contributed by atoms with Crippen LogP contribution in [0.2, 0.25) is 0 Å². The van der Waals surface area contributed by atoms with Gasteiger partial charge in [-0.05, 0) is 68.7 Å². The van der Waals surface area contributed by atoms with Crippen LogP contribution in [-0.2, 0) is 0 Å². The second kappa shape index (κ2) is 10.6. The number of rotatable bonds is 4. The molecule has 0 spiro atoms. The molecule has 0 radical (unpaired) electrons. The van der Waals surface area contributed by atoms with Crippen LogP contribution in [0.5, 0.6) is 0 Å². The minimum atomic E-state index is 0.664. The lowest BCUT2D eigenvalue weighted by atomic mass is 9.91. The second-order valence-corrected chi connectivity index (χ2v) is 15.7. The lowest BCUT2D eigenvalue weighted by Crippen LogP contribution is -2.00. The van der Waals surface area contributed by atoms with Crippen molar-refractivity contribution >= 4 is 84.6 Å². The van der Waals surface area contributed by atoms with E-state index in [1.165, 1.54) is 73.4 Å². The van der Waals surface area contributed by atoms with Crippen molar-refractivity contribution in [3.63, 3.8) is 0 Å². The summed E-state index contributed by atoms with van der Waals surface area (Å²) in [5.41, 5.74) is 8.08. The average molecular weight is 696 g/mol. The lowest BCUT2D eigenvalue weighted by Gasteiger charge is -2.13. The number of benzene rings is 8. The minimum absolute atomic E-state index is 0.664. The molecule has 0 unspecified atom stereocenters. The molecule has 5 heteroatoms. The van der Waals surface area contributed by atoms with E-state index < -0.39 is 0 Å². The van der Waals surface area contributed by atoms with E-state index in [-0.39, 0.29) is 0 Å². The van der Waals surface area contributed by atoms with E-state index in [2.05, 4.69) is 115 Å². The Labute approximate surface area is 306 Å². The summed E-state index contributed by atoms with van der Waals surface area (Å²) in [4.78, 5) is 15.0. The van der Waals surface area contributed by atoms with Crippen molar-refractivity contribution < 1.29 is 0 Å². The maximum absolute atomic E-state index is 5.06. The highest BCUT2D eigenvalue weighted by atomic mass is 32.1. The van der Waals surface area contributed by atoms with Gasteiger partial charge in [-0.2, -0.15) is 0 Å². The molecule has 0 bridgehead atoms. The molecule has 0 saturated heterocycles. The normalized spacial score (nSPS) is 12.2. The van der Waals surface area contributed by atoms with Gasteiger partial charge < -0.3 is 0 Å². The van der Waals surface area contributed by atoms with Crippen LogP contribution >= 0.6 is 22.7 Å². The molecule has 11 aromatic rings. The predicted octanol–water partition coefficient (Wildman–Crippen LogP) is 13.6. The zero-order valence-corrected chi connectivity index (χ0v) is 29.2. The maximum atomic E-state index is 5.06. The Balaban J connectivity index is 1.10. The first-order valence-electron chi connectivity index (χ1n) is 17.4. The van der Waals surface area contributed by atoms with Crippen LogP contribution in [0.1, 0.15) is 0 Å². The Hall–Kier alpha value is -6.27. The Morgan fingerprint density at radius 3 is 1.56 bits per heavy atom. The molecule has 3 aromatic heterocycles. The molecule has 3 nitrogen and oxygen atoms in total. The number of thiophene rings is 2. The first-order valence-corrected chi connectivity index (χ1v) is 19.1. The van der Waals surface area contributed by atoms with Crippen LogP contribution in [0, 0.1) is 0 Å². The van der Waals surface area contributed by atoms with E-state index >= 15 is 0 Å². The summed E-state index contributed by atoms with van der Waals surface area (Å²) in [5.74, 6) is 1.99. The van der Waals surface area contributed by atoms with E-state index in [0.29, 0.717) is 17.5 Å². The summed E-state index contributed by atoms with van der Waals surface area (Å²) < 4.78 is 5.39. The summed E-state index contributed by atoms with van der Waals surface area (Å²) in [6.45, 7) is 0. The summed E-state index contributed by atoms with van der Waals surface area (Å²) in [7, 11) is 0. The molecule has 1 aliphatic rings. The summed E-state index contributed by atoms with van der Waals surface area (Å²) in [6.07, 6.45) is 0. The minimum Gasteiger partial charge on any atom is -0.208 e. The van der Waals surface area contributed by atoms with Crippen molar-refractivity contribution in [3.05, 3.63) is 152 Å². The maximum Gasteiger partial charge on any atom is 0.164 e. The highest BCUT2D eigenvalue weighted by molar-refractivity contribution is 7.27. The van der Waals surface area contributed by atoms with Crippen LogP contribution in [0.3, 0.4) is 0 Å². The van der Waals surface area contributed by atoms with Crippen molar-refractivity contribution in [2.24, 2.45) is 0 Å². The molecule has 0 amide bonds. The standard InChI is InChI=1S/C47H25N3S2/c1-3-10-26(11-4-1)45-48-46(27-12-5-2-6-13-27)50-47(49-45)34-17-7-14-28-24-29(20-21-30(28)34)35-25-39-44-41-32(16-9-19-37(41)52-39)31-15-8-18-36-40(31)43-38(51-36)23-22-33(35)42(43)44/h1-25H. The lowest BCUT2D eigenvalue weighted by molar-refractivity contribution is 1.08. The van der Waals surface area contributed by atoms with Gasteiger partial charge in [-0.3, -0.25) is 0 Å². The molecule has 0 fully saturated rings. The first kappa shape index (κ1) is 28.4. The van der Waals surface area contributed by atoms with Gasteiger partial charge in [0.25, 0.3) is 0 Å². The third-order valence-electron chi connectivity index (χ3n) is 10.6. The SMILES string of the molecule is c1ccc(-c2nc(-c3ccccc3)nc(-c3cccc4cc(-c5cc6sc7cccc8c7c6c6c5ccc5sc7cccc-8c7c56)ccc34)n2)cc1. The van der Waals surface area contributed by atoms with Crippen LogP contribution in [0.15, 0.2) is 152 Å². The summed E-state index contributed by atoms with van der Waals surface area (Å²) >= 11 is 3.82. The van der Waals surface area contributed by atoms with E-state index in [1.54, 1.807) is 0 Å². The van der Waals surface area contributed by atoms with Gasteiger partial charge in [0.2, 0.25) is 0 Å². The van der Waals surface area contributed by atoms with Crippen molar-refractivity contribution in [3.8, 4) is 56.4 Å². The van der Waals surface area contributed by atoms with Crippen LogP contribution < -0.4 is 0 Å². The fraction of sp³-hybridized carbons (Fsp3) is 0. The fourth-order valence-corrected chi connectivity index (χ4v) is 10.7. The Morgan fingerprint density at radius 1 is 0.308 bits per heavy atom. The molecule has 0 N–H and O–H groups in total. The highest BCUT2D eigenvalue weighted by Crippen LogP contribution is 2.54. The Morgan fingerprint density at radius 2 is 0.865 bits per heavy atom. The van der Waals surface area contributed by atoms with Gasteiger partial charge >= 0.3 is 0 Å². The third kappa shape index (κ3) is 3.97. The van der Waals surface area contributed by atoms with Gasteiger partial charge in [0.15, 0.2) is 17.5 Å². The van der Waals surface area contributed by atoms with Crippen LogP contribution in [0.4, 0.5) is 0 Å². The van der Waals surface area contributed by atoms with Gasteiger partial charge in [0, 0.05) is 62.4 Å². The zero-order chi connectivity index (χ0) is 33.9. The number of hydrogen-bond donors (Lipinski definition) is 0. The van der Waals surface area contributed by atoms with E-state index in [1.807, 2.05) is 59.1 Å². The van der Waals surface area contributed by atoms with Gasteiger partial charge in [-0.25, -0.2) is 15.0 Å². The quantitative estimate of drug-likeness (QED) is 0.184. The predicted molar refractivity (Wildman–Crippen MR) is 221 cm³/mol. The molecule has 3 heterocycles. The van der Waals surface area contributed by atoms with E-state index in [0.717, 1.165) is 27.5 Å². The Bertz CT molecular complexity index is 3200. The molecule has 8 aromatic carbocycles. The molecular formula is C47H25N3S2. The Kier molecular flexibility index (Phi) is 5.81. The van der Waals surface area contributed by atoms with Crippen molar-refractivity contribution in [1.29, 1.82) is 0 Å². The monoisotopic (exact) mass is 695 g/mol. The topological polar surface area (TPSA) is 38.7 Å². The summed E-state index contributed by atoms with van der Waals surface area (Å²) in [5, 5.41) is 10.5.